The molecule has 0 aromatic carbocycles. The molecule has 3 nitrogen and oxygen atoms in total. The molecule has 17 heavy (non-hydrogen) atoms. The minimum absolute atomic E-state index is 0.247. The number of hydrogen-bond acceptors (Lipinski definition) is 1. The first kappa shape index (κ1) is 13.6. The number of carboxylic acid groups (broad SMARTS) is 1. The van der Waals surface area contributed by atoms with E-state index in [0.717, 1.165) is 6.42 Å². The van der Waals surface area contributed by atoms with Gasteiger partial charge in [0, 0.05) is 25.9 Å². The van der Waals surface area contributed by atoms with Crippen molar-refractivity contribution in [3.05, 3.63) is 30.1 Å². The van der Waals surface area contributed by atoms with Crippen molar-refractivity contribution < 1.29 is 9.90 Å². The zero-order chi connectivity index (χ0) is 12.8. The summed E-state index contributed by atoms with van der Waals surface area (Å²) in [5.74, 6) is -0.258. The summed E-state index contributed by atoms with van der Waals surface area (Å²) in [4.78, 5) is 10.4. The van der Waals surface area contributed by atoms with E-state index in [1.807, 2.05) is 17.8 Å². The Kier molecular flexibility index (Phi) is 5.01. The van der Waals surface area contributed by atoms with E-state index < -0.39 is 5.97 Å². The van der Waals surface area contributed by atoms with Crippen molar-refractivity contribution in [3.63, 3.8) is 0 Å². The Bertz CT molecular complexity index is 402. The second kappa shape index (κ2) is 6.28. The van der Waals surface area contributed by atoms with Gasteiger partial charge in [-0.3, -0.25) is 4.79 Å². The molecule has 0 radical (unpaired) electrons. The quantitative estimate of drug-likeness (QED) is 0.768. The van der Waals surface area contributed by atoms with Gasteiger partial charge in [-0.1, -0.05) is 19.9 Å². The molecule has 1 N–H and O–H groups in total. The number of hydrogen-bond donors (Lipinski definition) is 1. The van der Waals surface area contributed by atoms with Crippen molar-refractivity contribution in [2.45, 2.75) is 33.1 Å². The third-order valence-corrected chi connectivity index (χ3v) is 2.75. The lowest BCUT2D eigenvalue weighted by Crippen LogP contribution is -1.95. The average molecular weight is 235 g/mol. The second-order valence-corrected chi connectivity index (χ2v) is 4.67. The van der Waals surface area contributed by atoms with Gasteiger partial charge >= 0.3 is 5.97 Å². The predicted octanol–water partition coefficient (Wildman–Crippen LogP) is 3.32. The van der Waals surface area contributed by atoms with Crippen molar-refractivity contribution in [1.29, 1.82) is 0 Å². The molecule has 94 valence electrons. The Labute approximate surface area is 103 Å². The van der Waals surface area contributed by atoms with Crippen molar-refractivity contribution in [2.24, 2.45) is 13.0 Å². The number of aliphatic carboxylic acids is 1. The molecule has 0 fully saturated rings. The van der Waals surface area contributed by atoms with Crippen molar-refractivity contribution in [3.8, 4) is 0 Å². The van der Waals surface area contributed by atoms with Crippen LogP contribution in [0.25, 0.3) is 5.57 Å². The topological polar surface area (TPSA) is 42.2 Å². The molecule has 0 aliphatic rings. The zero-order valence-electron chi connectivity index (χ0n) is 10.8. The summed E-state index contributed by atoms with van der Waals surface area (Å²) >= 11 is 0. The molecule has 1 heterocycles. The first-order valence-electron chi connectivity index (χ1n) is 6.05. The lowest BCUT2D eigenvalue weighted by Gasteiger charge is -2.09. The minimum atomic E-state index is -0.718. The zero-order valence-corrected chi connectivity index (χ0v) is 10.8. The van der Waals surface area contributed by atoms with Gasteiger partial charge in [-0.2, -0.15) is 0 Å². The van der Waals surface area contributed by atoms with E-state index in [4.69, 9.17) is 5.11 Å². The van der Waals surface area contributed by atoms with Crippen LogP contribution < -0.4 is 0 Å². The fourth-order valence-electron chi connectivity index (χ4n) is 1.87. The SMILES string of the molecule is CC(C)/C(=C\CCCC(=O)O)c1ccn(C)c1. The second-order valence-electron chi connectivity index (χ2n) is 4.67. The fraction of sp³-hybridized carbons (Fsp3) is 0.500. The Balaban J connectivity index is 2.66. The van der Waals surface area contributed by atoms with Gasteiger partial charge in [0.1, 0.15) is 0 Å². The van der Waals surface area contributed by atoms with E-state index in [1.54, 1.807) is 0 Å². The molecule has 1 rings (SSSR count). The van der Waals surface area contributed by atoms with Gasteiger partial charge in [-0.25, -0.2) is 0 Å². The Morgan fingerprint density at radius 2 is 2.24 bits per heavy atom. The highest BCUT2D eigenvalue weighted by molar-refractivity contribution is 5.67. The summed E-state index contributed by atoms with van der Waals surface area (Å²) in [5.41, 5.74) is 2.54. The lowest BCUT2D eigenvalue weighted by atomic mass is 9.96. The van der Waals surface area contributed by atoms with Gasteiger partial charge in [0.15, 0.2) is 0 Å². The van der Waals surface area contributed by atoms with E-state index in [1.165, 1.54) is 11.1 Å². The smallest absolute Gasteiger partial charge is 0.303 e. The number of allylic oxidation sites excluding steroid dienone is 2. The molecule has 0 unspecified atom stereocenters. The average Bonchev–Trinajstić information content (AvgIpc) is 2.63. The maximum absolute atomic E-state index is 10.4. The van der Waals surface area contributed by atoms with Crippen LogP contribution in [0.5, 0.6) is 0 Å². The summed E-state index contributed by atoms with van der Waals surface area (Å²) < 4.78 is 2.03. The third kappa shape index (κ3) is 4.47. The molecular weight excluding hydrogens is 214 g/mol. The highest BCUT2D eigenvalue weighted by atomic mass is 16.4. The summed E-state index contributed by atoms with van der Waals surface area (Å²) in [5, 5.41) is 8.58. The van der Waals surface area contributed by atoms with Gasteiger partial charge in [-0.15, -0.1) is 0 Å². The molecule has 0 spiro atoms. The lowest BCUT2D eigenvalue weighted by molar-refractivity contribution is -0.137. The molecule has 0 aliphatic carbocycles. The van der Waals surface area contributed by atoms with E-state index in [-0.39, 0.29) is 6.42 Å². The van der Waals surface area contributed by atoms with Crippen molar-refractivity contribution >= 4 is 11.5 Å². The first-order chi connectivity index (χ1) is 8.00. The number of carbonyl (C=O) groups is 1. The molecule has 1 aromatic rings. The molecule has 0 amide bonds. The predicted molar refractivity (Wildman–Crippen MR) is 69.7 cm³/mol. The van der Waals surface area contributed by atoms with E-state index in [2.05, 4.69) is 32.2 Å². The Morgan fingerprint density at radius 3 is 2.71 bits per heavy atom. The maximum Gasteiger partial charge on any atom is 0.303 e. The molecule has 1 aromatic heterocycles. The van der Waals surface area contributed by atoms with Crippen LogP contribution in [-0.4, -0.2) is 15.6 Å². The van der Waals surface area contributed by atoms with Gasteiger partial charge in [0.05, 0.1) is 0 Å². The standard InChI is InChI=1S/C14H21NO2/c1-11(2)13(6-4-5-7-14(16)17)12-8-9-15(3)10-12/h6,8-11H,4-5,7H2,1-3H3,(H,16,17)/b13-6+. The van der Waals surface area contributed by atoms with Gasteiger partial charge in [0.25, 0.3) is 0 Å². The van der Waals surface area contributed by atoms with Crippen LogP contribution in [-0.2, 0) is 11.8 Å². The highest BCUT2D eigenvalue weighted by Gasteiger charge is 2.07. The van der Waals surface area contributed by atoms with Crippen LogP contribution in [0.3, 0.4) is 0 Å². The van der Waals surface area contributed by atoms with Gasteiger partial charge < -0.3 is 9.67 Å². The maximum atomic E-state index is 10.4. The summed E-state index contributed by atoms with van der Waals surface area (Å²) in [6.07, 6.45) is 8.08. The molecule has 0 saturated carbocycles. The molecule has 0 saturated heterocycles. The van der Waals surface area contributed by atoms with Gasteiger partial charge in [0.2, 0.25) is 0 Å². The summed E-state index contributed by atoms with van der Waals surface area (Å²) in [6, 6.07) is 2.10. The first-order valence-corrected chi connectivity index (χ1v) is 6.05. The van der Waals surface area contributed by atoms with E-state index in [0.29, 0.717) is 12.3 Å². The number of nitrogens with zero attached hydrogens (tertiary/aromatic N) is 1. The van der Waals surface area contributed by atoms with Crippen LogP contribution in [0, 0.1) is 5.92 Å². The van der Waals surface area contributed by atoms with Crippen LogP contribution >= 0.6 is 0 Å². The number of carboxylic acids is 1. The summed E-state index contributed by atoms with van der Waals surface area (Å²) in [7, 11) is 2.01. The number of aromatic nitrogens is 1. The Hall–Kier alpha value is -1.51. The number of aryl methyl sites for hydroxylation is 1. The normalized spacial score (nSPS) is 12.1. The van der Waals surface area contributed by atoms with E-state index >= 15 is 0 Å². The third-order valence-electron chi connectivity index (χ3n) is 2.75. The molecule has 0 bridgehead atoms. The van der Waals surface area contributed by atoms with Crippen LogP contribution in [0.2, 0.25) is 0 Å². The largest absolute Gasteiger partial charge is 0.481 e. The monoisotopic (exact) mass is 235 g/mol. The highest BCUT2D eigenvalue weighted by Crippen LogP contribution is 2.24. The minimum Gasteiger partial charge on any atom is -0.481 e. The summed E-state index contributed by atoms with van der Waals surface area (Å²) in [6.45, 7) is 4.33. The number of rotatable bonds is 6. The molecule has 0 aliphatic heterocycles. The van der Waals surface area contributed by atoms with Crippen LogP contribution in [0.15, 0.2) is 24.5 Å². The molecule has 3 heteroatoms. The Morgan fingerprint density at radius 1 is 1.53 bits per heavy atom. The van der Waals surface area contributed by atoms with Crippen LogP contribution in [0.1, 0.15) is 38.7 Å². The molecule has 0 atom stereocenters. The molecular formula is C14H21NO2. The van der Waals surface area contributed by atoms with Crippen molar-refractivity contribution in [1.82, 2.24) is 4.57 Å². The van der Waals surface area contributed by atoms with E-state index in [9.17, 15) is 4.79 Å². The fourth-order valence-corrected chi connectivity index (χ4v) is 1.87. The van der Waals surface area contributed by atoms with Gasteiger partial charge in [-0.05, 0) is 36.0 Å². The van der Waals surface area contributed by atoms with Crippen molar-refractivity contribution in [2.75, 3.05) is 0 Å². The number of unbranched alkanes of at least 4 members (excludes halogenated alkanes) is 1. The van der Waals surface area contributed by atoms with Crippen LogP contribution in [0.4, 0.5) is 0 Å².